The summed E-state index contributed by atoms with van der Waals surface area (Å²) in [6.45, 7) is 2.77. The molecule has 1 N–H and O–H groups in total. The van der Waals surface area contributed by atoms with Crippen LogP contribution in [0.4, 0.5) is 17.1 Å². The van der Waals surface area contributed by atoms with Crippen molar-refractivity contribution in [3.05, 3.63) is 27.8 Å². The Labute approximate surface area is 106 Å². The van der Waals surface area contributed by atoms with Crippen molar-refractivity contribution in [3.8, 4) is 0 Å². The van der Waals surface area contributed by atoms with Crippen LogP contribution in [0, 0.1) is 10.1 Å². The van der Waals surface area contributed by atoms with E-state index in [4.69, 9.17) is 0 Å². The van der Waals surface area contributed by atoms with Gasteiger partial charge in [0.2, 0.25) is 0 Å². The summed E-state index contributed by atoms with van der Waals surface area (Å²) in [7, 11) is 0. The molecule has 0 radical (unpaired) electrons. The van der Waals surface area contributed by atoms with Crippen LogP contribution in [0.5, 0.6) is 0 Å². The van der Waals surface area contributed by atoms with Gasteiger partial charge in [-0.05, 0) is 31.7 Å². The Morgan fingerprint density at radius 1 is 1.22 bits per heavy atom. The Morgan fingerprint density at radius 3 is 2.72 bits per heavy atom. The second kappa shape index (κ2) is 4.48. The number of hydrogen-bond donors (Lipinski definition) is 1. The van der Waals surface area contributed by atoms with Gasteiger partial charge in [-0.25, -0.2) is 0 Å². The van der Waals surface area contributed by atoms with Gasteiger partial charge in [-0.3, -0.25) is 10.1 Å². The van der Waals surface area contributed by atoms with Crippen molar-refractivity contribution >= 4 is 17.1 Å². The standard InChI is InChI=1S/C13H17N3O2/c17-16(18)12-5-4-11-10(6-7-14-11)13(12)15-8-2-1-3-9-15/h4-5,14H,1-3,6-9H2. The topological polar surface area (TPSA) is 58.4 Å². The van der Waals surface area contributed by atoms with Crippen LogP contribution in [0.2, 0.25) is 0 Å². The van der Waals surface area contributed by atoms with Gasteiger partial charge in [0.05, 0.1) is 4.92 Å². The summed E-state index contributed by atoms with van der Waals surface area (Å²) in [6.07, 6.45) is 4.39. The number of nitro benzene ring substituents is 1. The van der Waals surface area contributed by atoms with Gasteiger partial charge in [0.15, 0.2) is 0 Å². The first-order chi connectivity index (χ1) is 8.77. The molecule has 5 nitrogen and oxygen atoms in total. The summed E-state index contributed by atoms with van der Waals surface area (Å²) >= 11 is 0. The van der Waals surface area contributed by atoms with Gasteiger partial charge in [-0.1, -0.05) is 0 Å². The molecule has 2 heterocycles. The zero-order valence-electron chi connectivity index (χ0n) is 10.3. The van der Waals surface area contributed by atoms with E-state index in [1.807, 2.05) is 6.07 Å². The average molecular weight is 247 g/mol. The van der Waals surface area contributed by atoms with Crippen molar-refractivity contribution in [3.63, 3.8) is 0 Å². The highest BCUT2D eigenvalue weighted by atomic mass is 16.6. The van der Waals surface area contributed by atoms with E-state index in [9.17, 15) is 10.1 Å². The zero-order valence-corrected chi connectivity index (χ0v) is 10.3. The summed E-state index contributed by atoms with van der Waals surface area (Å²) in [4.78, 5) is 13.2. The SMILES string of the molecule is O=[N+]([O-])c1ccc2c(c1N1CCCCC1)CCN2. The molecule has 1 saturated heterocycles. The predicted molar refractivity (Wildman–Crippen MR) is 71.4 cm³/mol. The third kappa shape index (κ3) is 1.79. The van der Waals surface area contributed by atoms with Gasteiger partial charge in [-0.2, -0.15) is 0 Å². The van der Waals surface area contributed by atoms with Crippen LogP contribution in [0.1, 0.15) is 24.8 Å². The highest BCUT2D eigenvalue weighted by molar-refractivity contribution is 5.78. The van der Waals surface area contributed by atoms with Gasteiger partial charge in [0, 0.05) is 37.0 Å². The minimum atomic E-state index is -0.247. The number of hydrogen-bond acceptors (Lipinski definition) is 4. The Morgan fingerprint density at radius 2 is 2.00 bits per heavy atom. The number of nitrogens with one attached hydrogen (secondary N) is 1. The minimum Gasteiger partial charge on any atom is -0.384 e. The van der Waals surface area contributed by atoms with Crippen LogP contribution in [0.15, 0.2) is 12.1 Å². The van der Waals surface area contributed by atoms with Crippen LogP contribution in [-0.2, 0) is 6.42 Å². The molecular weight excluding hydrogens is 230 g/mol. The lowest BCUT2D eigenvalue weighted by Gasteiger charge is -2.30. The van der Waals surface area contributed by atoms with Gasteiger partial charge in [0.25, 0.3) is 5.69 Å². The van der Waals surface area contributed by atoms with E-state index in [0.717, 1.165) is 55.8 Å². The third-order valence-corrected chi connectivity index (χ3v) is 3.82. The maximum Gasteiger partial charge on any atom is 0.292 e. The van der Waals surface area contributed by atoms with Gasteiger partial charge in [-0.15, -0.1) is 0 Å². The molecule has 3 rings (SSSR count). The molecule has 1 aromatic carbocycles. The lowest BCUT2D eigenvalue weighted by molar-refractivity contribution is -0.384. The minimum absolute atomic E-state index is 0.247. The Kier molecular flexibility index (Phi) is 2.81. The van der Waals surface area contributed by atoms with Crippen molar-refractivity contribution < 1.29 is 4.92 Å². The molecule has 0 unspecified atom stereocenters. The molecular formula is C13H17N3O2. The number of anilines is 2. The molecule has 0 spiro atoms. The molecule has 1 aromatic rings. The largest absolute Gasteiger partial charge is 0.384 e. The fraction of sp³-hybridized carbons (Fsp3) is 0.538. The maximum absolute atomic E-state index is 11.2. The summed E-state index contributed by atoms with van der Waals surface area (Å²) < 4.78 is 0. The van der Waals surface area contributed by atoms with Crippen LogP contribution in [0.3, 0.4) is 0 Å². The first kappa shape index (κ1) is 11.3. The smallest absolute Gasteiger partial charge is 0.292 e. The van der Waals surface area contributed by atoms with Crippen LogP contribution in [-0.4, -0.2) is 24.6 Å². The number of nitrogens with zero attached hydrogens (tertiary/aromatic N) is 2. The summed E-state index contributed by atoms with van der Waals surface area (Å²) in [6, 6.07) is 3.48. The zero-order chi connectivity index (χ0) is 12.5. The number of fused-ring (bicyclic) bond motifs is 1. The molecule has 0 bridgehead atoms. The van der Waals surface area contributed by atoms with Gasteiger partial charge >= 0.3 is 0 Å². The molecule has 1 fully saturated rings. The molecule has 5 heteroatoms. The molecule has 0 amide bonds. The highest BCUT2D eigenvalue weighted by Crippen LogP contribution is 2.40. The second-order valence-corrected chi connectivity index (χ2v) is 4.94. The normalized spacial score (nSPS) is 18.3. The van der Waals surface area contributed by atoms with Gasteiger partial charge < -0.3 is 10.2 Å². The molecule has 2 aliphatic heterocycles. The summed E-state index contributed by atoms with van der Waals surface area (Å²) in [5.74, 6) is 0. The predicted octanol–water partition coefficient (Wildman–Crippen LogP) is 2.55. The third-order valence-electron chi connectivity index (χ3n) is 3.82. The van der Waals surface area contributed by atoms with Crippen molar-refractivity contribution in [2.75, 3.05) is 29.9 Å². The van der Waals surface area contributed by atoms with Crippen molar-refractivity contribution in [1.29, 1.82) is 0 Å². The summed E-state index contributed by atoms with van der Waals surface area (Å²) in [5, 5.41) is 14.5. The number of nitro groups is 1. The number of piperidine rings is 1. The maximum atomic E-state index is 11.2. The van der Waals surface area contributed by atoms with Crippen LogP contribution < -0.4 is 10.2 Å². The van der Waals surface area contributed by atoms with E-state index < -0.39 is 0 Å². The first-order valence-electron chi connectivity index (χ1n) is 6.56. The van der Waals surface area contributed by atoms with Crippen molar-refractivity contribution in [2.24, 2.45) is 0 Å². The Balaban J connectivity index is 2.08. The molecule has 0 aliphatic carbocycles. The molecule has 18 heavy (non-hydrogen) atoms. The number of benzene rings is 1. The van der Waals surface area contributed by atoms with E-state index in [1.54, 1.807) is 6.07 Å². The van der Waals surface area contributed by atoms with E-state index >= 15 is 0 Å². The Hall–Kier alpha value is -1.78. The second-order valence-electron chi connectivity index (χ2n) is 4.94. The van der Waals surface area contributed by atoms with E-state index in [2.05, 4.69) is 10.2 Å². The van der Waals surface area contributed by atoms with E-state index in [0.29, 0.717) is 0 Å². The highest BCUT2D eigenvalue weighted by Gasteiger charge is 2.28. The summed E-state index contributed by atoms with van der Waals surface area (Å²) in [5.41, 5.74) is 3.33. The lowest BCUT2D eigenvalue weighted by Crippen LogP contribution is -2.30. The fourth-order valence-corrected chi connectivity index (χ4v) is 2.98. The van der Waals surface area contributed by atoms with Crippen molar-refractivity contribution in [1.82, 2.24) is 0 Å². The molecule has 96 valence electrons. The Bertz CT molecular complexity index is 481. The van der Waals surface area contributed by atoms with E-state index in [1.165, 1.54) is 6.42 Å². The average Bonchev–Trinajstić information content (AvgIpc) is 2.86. The molecule has 2 aliphatic rings. The lowest BCUT2D eigenvalue weighted by atomic mass is 10.0. The monoisotopic (exact) mass is 247 g/mol. The quantitative estimate of drug-likeness (QED) is 0.644. The van der Waals surface area contributed by atoms with Crippen LogP contribution >= 0.6 is 0 Å². The van der Waals surface area contributed by atoms with Crippen LogP contribution in [0.25, 0.3) is 0 Å². The molecule has 0 saturated carbocycles. The molecule has 0 aromatic heterocycles. The first-order valence-corrected chi connectivity index (χ1v) is 6.56. The van der Waals surface area contributed by atoms with E-state index in [-0.39, 0.29) is 10.6 Å². The van der Waals surface area contributed by atoms with Crippen molar-refractivity contribution in [2.45, 2.75) is 25.7 Å². The fourth-order valence-electron chi connectivity index (χ4n) is 2.98. The van der Waals surface area contributed by atoms with Gasteiger partial charge in [0.1, 0.15) is 5.69 Å². The molecule has 0 atom stereocenters. The number of rotatable bonds is 2.